The smallest absolute Gasteiger partial charge is 0.358 e. The van der Waals surface area contributed by atoms with E-state index in [1.165, 1.54) is 23.1 Å². The lowest BCUT2D eigenvalue weighted by Crippen LogP contribution is -2.10. The third kappa shape index (κ3) is 4.23. The number of aromatic nitrogens is 3. The molecule has 5 nitrogen and oxygen atoms in total. The van der Waals surface area contributed by atoms with Crippen LogP contribution in [-0.2, 0) is 4.74 Å². The lowest BCUT2D eigenvalue weighted by atomic mass is 10.2. The molecule has 0 amide bonds. The van der Waals surface area contributed by atoms with E-state index in [2.05, 4.69) is 34.9 Å². The number of carbonyl (C=O) groups is 1. The number of methoxy groups -OCH3 is 1. The van der Waals surface area contributed by atoms with Crippen molar-refractivity contribution in [2.45, 2.75) is 30.2 Å². The van der Waals surface area contributed by atoms with Crippen molar-refractivity contribution >= 4 is 56.6 Å². The molecule has 0 spiro atoms. The first-order chi connectivity index (χ1) is 12.8. The molecule has 0 aliphatic carbocycles. The Kier molecular flexibility index (Phi) is 6.30. The standard InChI is InChI=1S/C18H17BrClN3O2S2/c1-9(2)26-17-14(11-6-5-7-12(20)8-11)21-18(27-17)23-15(16(24)25-4)13(19)10(3)22-23/h5-9H,1-4H3. The van der Waals surface area contributed by atoms with Crippen molar-refractivity contribution in [1.29, 1.82) is 0 Å². The molecule has 0 aliphatic heterocycles. The molecule has 1 aromatic carbocycles. The molecule has 27 heavy (non-hydrogen) atoms. The van der Waals surface area contributed by atoms with Gasteiger partial charge in [0.2, 0.25) is 5.13 Å². The second-order valence-electron chi connectivity index (χ2n) is 5.96. The average molecular weight is 487 g/mol. The van der Waals surface area contributed by atoms with E-state index in [1.807, 2.05) is 31.2 Å². The van der Waals surface area contributed by atoms with Crippen LogP contribution in [0.15, 0.2) is 32.9 Å². The number of aryl methyl sites for hydroxylation is 1. The normalized spacial score (nSPS) is 11.2. The van der Waals surface area contributed by atoms with Gasteiger partial charge in [-0.25, -0.2) is 9.78 Å². The van der Waals surface area contributed by atoms with Gasteiger partial charge in [-0.1, -0.05) is 48.9 Å². The van der Waals surface area contributed by atoms with Gasteiger partial charge in [-0.15, -0.1) is 11.8 Å². The van der Waals surface area contributed by atoms with Crippen molar-refractivity contribution < 1.29 is 9.53 Å². The Morgan fingerprint density at radius 2 is 2.15 bits per heavy atom. The van der Waals surface area contributed by atoms with Gasteiger partial charge in [0.15, 0.2) is 5.69 Å². The van der Waals surface area contributed by atoms with Gasteiger partial charge in [-0.05, 0) is 35.0 Å². The number of nitrogens with zero attached hydrogens (tertiary/aromatic N) is 3. The van der Waals surface area contributed by atoms with Gasteiger partial charge in [-0.3, -0.25) is 0 Å². The molecule has 0 atom stereocenters. The van der Waals surface area contributed by atoms with Crippen LogP contribution in [0.4, 0.5) is 0 Å². The average Bonchev–Trinajstić information content (AvgIpc) is 3.15. The first-order valence-corrected chi connectivity index (χ1v) is 11.0. The summed E-state index contributed by atoms with van der Waals surface area (Å²) in [5, 5.41) is 6.10. The van der Waals surface area contributed by atoms with Crippen LogP contribution in [0.2, 0.25) is 5.02 Å². The molecule has 9 heteroatoms. The first kappa shape index (κ1) is 20.4. The number of benzene rings is 1. The Balaban J connectivity index is 2.19. The van der Waals surface area contributed by atoms with Crippen molar-refractivity contribution in [3.8, 4) is 16.4 Å². The number of hydrogen-bond donors (Lipinski definition) is 0. The third-order valence-electron chi connectivity index (χ3n) is 3.57. The molecule has 0 fully saturated rings. The van der Waals surface area contributed by atoms with Crippen molar-refractivity contribution in [2.24, 2.45) is 0 Å². The topological polar surface area (TPSA) is 57.0 Å². The monoisotopic (exact) mass is 485 g/mol. The summed E-state index contributed by atoms with van der Waals surface area (Å²) < 4.78 is 8.10. The van der Waals surface area contributed by atoms with Crippen molar-refractivity contribution in [2.75, 3.05) is 7.11 Å². The van der Waals surface area contributed by atoms with Gasteiger partial charge in [0.1, 0.15) is 0 Å². The Morgan fingerprint density at radius 1 is 1.41 bits per heavy atom. The zero-order chi connectivity index (χ0) is 19.7. The molecular formula is C18H17BrClN3O2S2. The first-order valence-electron chi connectivity index (χ1n) is 8.09. The summed E-state index contributed by atoms with van der Waals surface area (Å²) in [6, 6.07) is 7.59. The molecule has 2 heterocycles. The molecule has 3 aromatic rings. The largest absolute Gasteiger partial charge is 0.464 e. The number of halogens is 2. The van der Waals surface area contributed by atoms with Crippen molar-refractivity contribution in [3.63, 3.8) is 0 Å². The highest BCUT2D eigenvalue weighted by Gasteiger charge is 2.25. The van der Waals surface area contributed by atoms with Crippen LogP contribution in [0.25, 0.3) is 16.4 Å². The fraction of sp³-hybridized carbons (Fsp3) is 0.278. The Labute approximate surface area is 179 Å². The van der Waals surface area contributed by atoms with E-state index in [0.717, 1.165) is 15.5 Å². The van der Waals surface area contributed by atoms with Crippen LogP contribution < -0.4 is 0 Å². The summed E-state index contributed by atoms with van der Waals surface area (Å²) in [4.78, 5) is 17.1. The van der Waals surface area contributed by atoms with E-state index in [9.17, 15) is 4.79 Å². The second kappa shape index (κ2) is 8.34. The third-order valence-corrected chi connectivity index (χ3v) is 7.00. The minimum absolute atomic E-state index is 0.322. The number of carbonyl (C=O) groups excluding carboxylic acids is 1. The van der Waals surface area contributed by atoms with Gasteiger partial charge in [0.25, 0.3) is 0 Å². The van der Waals surface area contributed by atoms with Crippen molar-refractivity contribution in [3.05, 3.63) is 45.1 Å². The summed E-state index contributed by atoms with van der Waals surface area (Å²) in [7, 11) is 1.35. The van der Waals surface area contributed by atoms with Gasteiger partial charge >= 0.3 is 5.97 Å². The van der Waals surface area contributed by atoms with Crippen LogP contribution in [0.5, 0.6) is 0 Å². The lowest BCUT2D eigenvalue weighted by Gasteiger charge is -2.04. The summed E-state index contributed by atoms with van der Waals surface area (Å²) in [6.07, 6.45) is 0. The molecule has 0 saturated heterocycles. The molecule has 0 aliphatic rings. The summed E-state index contributed by atoms with van der Waals surface area (Å²) in [5.74, 6) is -0.472. The van der Waals surface area contributed by atoms with Gasteiger partial charge < -0.3 is 4.74 Å². The van der Waals surface area contributed by atoms with E-state index < -0.39 is 5.97 Å². The highest BCUT2D eigenvalue weighted by molar-refractivity contribution is 9.10. The van der Waals surface area contributed by atoms with Crippen LogP contribution in [0.1, 0.15) is 30.0 Å². The second-order valence-corrected chi connectivity index (χ2v) is 10.0. The minimum Gasteiger partial charge on any atom is -0.464 e. The molecule has 0 unspecified atom stereocenters. The van der Waals surface area contributed by atoms with E-state index in [-0.39, 0.29) is 0 Å². The molecule has 0 N–H and O–H groups in total. The predicted molar refractivity (Wildman–Crippen MR) is 114 cm³/mol. The molecular weight excluding hydrogens is 470 g/mol. The Morgan fingerprint density at radius 3 is 2.78 bits per heavy atom. The summed E-state index contributed by atoms with van der Waals surface area (Å²) >= 11 is 12.8. The van der Waals surface area contributed by atoms with E-state index >= 15 is 0 Å². The number of esters is 1. The van der Waals surface area contributed by atoms with Crippen molar-refractivity contribution in [1.82, 2.24) is 14.8 Å². The molecule has 0 saturated carbocycles. The number of thioether (sulfide) groups is 1. The zero-order valence-electron chi connectivity index (χ0n) is 15.1. The van der Waals surface area contributed by atoms with Gasteiger partial charge in [-0.2, -0.15) is 9.78 Å². The lowest BCUT2D eigenvalue weighted by molar-refractivity contribution is 0.0589. The minimum atomic E-state index is -0.472. The number of ether oxygens (including phenoxy) is 1. The zero-order valence-corrected chi connectivity index (χ0v) is 19.1. The fourth-order valence-corrected chi connectivity index (χ4v) is 5.50. The quantitative estimate of drug-likeness (QED) is 0.327. The number of rotatable bonds is 5. The maximum absolute atomic E-state index is 12.3. The molecule has 0 radical (unpaired) electrons. The Bertz CT molecular complexity index is 1000. The van der Waals surface area contributed by atoms with E-state index in [4.69, 9.17) is 21.3 Å². The van der Waals surface area contributed by atoms with Crippen LogP contribution in [0.3, 0.4) is 0 Å². The van der Waals surface area contributed by atoms with Crippen LogP contribution in [0, 0.1) is 6.92 Å². The summed E-state index contributed by atoms with van der Waals surface area (Å²) in [5.41, 5.74) is 2.77. The highest BCUT2D eigenvalue weighted by Crippen LogP contribution is 2.40. The number of thiazole rings is 1. The van der Waals surface area contributed by atoms with Gasteiger partial charge in [0, 0.05) is 15.8 Å². The predicted octanol–water partition coefficient (Wildman–Crippen LogP) is 6.01. The van der Waals surface area contributed by atoms with Gasteiger partial charge in [0.05, 0.1) is 27.2 Å². The Hall–Kier alpha value is -1.35. The van der Waals surface area contributed by atoms with E-state index in [1.54, 1.807) is 11.8 Å². The SMILES string of the molecule is COC(=O)c1c(Br)c(C)nn1-c1nc(-c2cccc(Cl)c2)c(SC(C)C)s1. The maximum atomic E-state index is 12.3. The van der Waals surface area contributed by atoms with Crippen LogP contribution >= 0.6 is 50.6 Å². The van der Waals surface area contributed by atoms with Crippen LogP contribution in [-0.4, -0.2) is 33.1 Å². The molecule has 3 rings (SSSR count). The maximum Gasteiger partial charge on any atom is 0.358 e. The molecule has 142 valence electrons. The van der Waals surface area contributed by atoms with E-state index in [0.29, 0.717) is 31.3 Å². The summed E-state index contributed by atoms with van der Waals surface area (Å²) in [6.45, 7) is 6.07. The molecule has 2 aromatic heterocycles. The molecule has 0 bridgehead atoms. The highest BCUT2D eigenvalue weighted by atomic mass is 79.9. The number of hydrogen-bond acceptors (Lipinski definition) is 6. The fourth-order valence-electron chi connectivity index (χ4n) is 2.42.